The van der Waals surface area contributed by atoms with Crippen molar-refractivity contribution in [2.45, 2.75) is 5.92 Å². The molecular weight excluding hydrogens is 319 g/mol. The van der Waals surface area contributed by atoms with Crippen molar-refractivity contribution in [1.82, 2.24) is 5.32 Å². The van der Waals surface area contributed by atoms with E-state index in [0.29, 0.717) is 9.50 Å². The van der Waals surface area contributed by atoms with Crippen molar-refractivity contribution in [3.63, 3.8) is 0 Å². The van der Waals surface area contributed by atoms with Crippen molar-refractivity contribution in [3.05, 3.63) is 33.3 Å². The molecule has 1 rings (SSSR count). The molecule has 7 heteroatoms. The Hall–Kier alpha value is -0.720. The molecule has 0 radical (unpaired) electrons. The average molecular weight is 329 g/mol. The normalized spacial score (nSPS) is 11.4. The fraction of sp³-hybridized carbons (Fsp3) is 0.300. The fourth-order valence-corrected chi connectivity index (χ4v) is 1.43. The number of aliphatic hydroxyl groups excluding tert-OH is 1. The Morgan fingerprint density at radius 3 is 2.71 bits per heavy atom. The minimum Gasteiger partial charge on any atom is -0.390 e. The van der Waals surface area contributed by atoms with Crippen molar-refractivity contribution in [1.29, 1.82) is 0 Å². The lowest BCUT2D eigenvalue weighted by Gasteiger charge is -2.14. The summed E-state index contributed by atoms with van der Waals surface area (Å²) in [6.45, 7) is -2.23. The summed E-state index contributed by atoms with van der Waals surface area (Å²) in [6.07, 6.45) is 0. The van der Waals surface area contributed by atoms with Gasteiger partial charge in [0.05, 0.1) is 11.6 Å². The third kappa shape index (κ3) is 4.22. The molecule has 0 aliphatic rings. The number of hydrogen-bond donors (Lipinski definition) is 2. The number of benzene rings is 1. The summed E-state index contributed by atoms with van der Waals surface area (Å²) >= 11 is 8.90. The minimum absolute atomic E-state index is 0.173. The number of aliphatic hydroxyl groups is 1. The second kappa shape index (κ2) is 5.75. The standard InChI is InChI=1S/C10H9BrClF2NO2/c11-7-2-1-6(3-8(7)12)9(17)15-4-10(13,14)5-16/h1-3,16H,4-5H2,(H,15,17). The van der Waals surface area contributed by atoms with Crippen LogP contribution in [0.4, 0.5) is 8.78 Å². The first-order valence-corrected chi connectivity index (χ1v) is 5.75. The highest BCUT2D eigenvalue weighted by Gasteiger charge is 2.28. The highest BCUT2D eigenvalue weighted by atomic mass is 79.9. The molecule has 0 aromatic heterocycles. The zero-order chi connectivity index (χ0) is 13.1. The van der Waals surface area contributed by atoms with Crippen LogP contribution in [-0.4, -0.2) is 30.1 Å². The van der Waals surface area contributed by atoms with Gasteiger partial charge in [0.25, 0.3) is 11.8 Å². The van der Waals surface area contributed by atoms with E-state index in [9.17, 15) is 13.6 Å². The quantitative estimate of drug-likeness (QED) is 0.892. The van der Waals surface area contributed by atoms with Crippen LogP contribution in [0.1, 0.15) is 10.4 Å². The maximum absolute atomic E-state index is 12.7. The number of halogens is 4. The van der Waals surface area contributed by atoms with Gasteiger partial charge in [-0.2, -0.15) is 0 Å². The molecule has 0 aliphatic carbocycles. The highest BCUT2D eigenvalue weighted by Crippen LogP contribution is 2.23. The predicted molar refractivity (Wildman–Crippen MR) is 63.5 cm³/mol. The van der Waals surface area contributed by atoms with Crippen molar-refractivity contribution in [2.24, 2.45) is 0 Å². The molecule has 0 aliphatic heterocycles. The lowest BCUT2D eigenvalue weighted by molar-refractivity contribution is -0.0462. The molecule has 1 amide bonds. The molecule has 1 aromatic carbocycles. The molecule has 0 fully saturated rings. The molecule has 0 bridgehead atoms. The second-order valence-electron chi connectivity index (χ2n) is 3.33. The number of alkyl halides is 2. The van der Waals surface area contributed by atoms with Crippen LogP contribution < -0.4 is 5.32 Å². The Morgan fingerprint density at radius 1 is 1.53 bits per heavy atom. The number of rotatable bonds is 4. The van der Waals surface area contributed by atoms with Crippen LogP contribution in [0.3, 0.4) is 0 Å². The number of carbonyl (C=O) groups is 1. The molecule has 17 heavy (non-hydrogen) atoms. The summed E-state index contributed by atoms with van der Waals surface area (Å²) in [5.74, 6) is -4.00. The van der Waals surface area contributed by atoms with Gasteiger partial charge in [-0.3, -0.25) is 4.79 Å². The molecular formula is C10H9BrClF2NO2. The molecule has 0 saturated carbocycles. The molecule has 1 aromatic rings. The molecule has 94 valence electrons. The average Bonchev–Trinajstić information content (AvgIpc) is 2.30. The summed E-state index contributed by atoms with van der Waals surface area (Å²) in [5, 5.41) is 10.7. The lowest BCUT2D eigenvalue weighted by Crippen LogP contribution is -2.38. The minimum atomic E-state index is -3.32. The van der Waals surface area contributed by atoms with Crippen LogP contribution in [0.2, 0.25) is 5.02 Å². The van der Waals surface area contributed by atoms with Crippen LogP contribution in [0, 0.1) is 0 Å². The highest BCUT2D eigenvalue weighted by molar-refractivity contribution is 9.10. The molecule has 0 atom stereocenters. The Bertz CT molecular complexity index is 429. The van der Waals surface area contributed by atoms with E-state index in [1.165, 1.54) is 12.1 Å². The zero-order valence-electron chi connectivity index (χ0n) is 8.51. The summed E-state index contributed by atoms with van der Waals surface area (Å²) in [4.78, 5) is 11.5. The van der Waals surface area contributed by atoms with Gasteiger partial charge in [0.2, 0.25) is 0 Å². The van der Waals surface area contributed by atoms with Gasteiger partial charge < -0.3 is 10.4 Å². The van der Waals surface area contributed by atoms with E-state index >= 15 is 0 Å². The Morgan fingerprint density at radius 2 is 2.18 bits per heavy atom. The molecule has 0 saturated heterocycles. The monoisotopic (exact) mass is 327 g/mol. The van der Waals surface area contributed by atoms with Gasteiger partial charge in [-0.1, -0.05) is 11.6 Å². The number of carbonyl (C=O) groups excluding carboxylic acids is 1. The van der Waals surface area contributed by atoms with Gasteiger partial charge in [0, 0.05) is 10.0 Å². The molecule has 0 spiro atoms. The van der Waals surface area contributed by atoms with Crippen LogP contribution >= 0.6 is 27.5 Å². The largest absolute Gasteiger partial charge is 0.390 e. The van der Waals surface area contributed by atoms with Crippen molar-refractivity contribution < 1.29 is 18.7 Å². The van der Waals surface area contributed by atoms with Gasteiger partial charge in [-0.25, -0.2) is 8.78 Å². The van der Waals surface area contributed by atoms with E-state index in [1.807, 2.05) is 5.32 Å². The second-order valence-corrected chi connectivity index (χ2v) is 4.59. The van der Waals surface area contributed by atoms with E-state index in [4.69, 9.17) is 16.7 Å². The zero-order valence-corrected chi connectivity index (χ0v) is 10.9. The summed E-state index contributed by atoms with van der Waals surface area (Å²) in [5.41, 5.74) is 0.173. The van der Waals surface area contributed by atoms with E-state index in [2.05, 4.69) is 15.9 Å². The van der Waals surface area contributed by atoms with Gasteiger partial charge in [0.15, 0.2) is 0 Å². The van der Waals surface area contributed by atoms with E-state index < -0.39 is 25.0 Å². The Labute approximate surface area is 110 Å². The SMILES string of the molecule is O=C(NCC(F)(F)CO)c1ccc(Br)c(Cl)c1. The topological polar surface area (TPSA) is 49.3 Å². The van der Waals surface area contributed by atoms with E-state index in [0.717, 1.165) is 0 Å². The third-order valence-electron chi connectivity index (χ3n) is 1.92. The predicted octanol–water partition coefficient (Wildman–Crippen LogP) is 2.46. The van der Waals surface area contributed by atoms with E-state index in [-0.39, 0.29) is 5.56 Å². The third-order valence-corrected chi connectivity index (χ3v) is 3.15. The van der Waals surface area contributed by atoms with Crippen LogP contribution in [0.15, 0.2) is 22.7 Å². The first-order valence-electron chi connectivity index (χ1n) is 4.57. The van der Waals surface area contributed by atoms with E-state index in [1.54, 1.807) is 6.07 Å². The van der Waals surface area contributed by atoms with Gasteiger partial charge in [-0.15, -0.1) is 0 Å². The first kappa shape index (κ1) is 14.3. The summed E-state index contributed by atoms with van der Waals surface area (Å²) < 4.78 is 26.0. The maximum Gasteiger partial charge on any atom is 0.287 e. The van der Waals surface area contributed by atoms with Crippen LogP contribution in [-0.2, 0) is 0 Å². The summed E-state index contributed by atoms with van der Waals surface area (Å²) in [6, 6.07) is 4.35. The number of amides is 1. The lowest BCUT2D eigenvalue weighted by atomic mass is 10.2. The molecule has 0 unspecified atom stereocenters. The molecule has 2 N–H and O–H groups in total. The smallest absolute Gasteiger partial charge is 0.287 e. The molecule has 0 heterocycles. The van der Waals surface area contributed by atoms with Crippen molar-refractivity contribution in [3.8, 4) is 0 Å². The number of nitrogens with one attached hydrogen (secondary N) is 1. The van der Waals surface area contributed by atoms with Crippen LogP contribution in [0.25, 0.3) is 0 Å². The van der Waals surface area contributed by atoms with Crippen molar-refractivity contribution >= 4 is 33.4 Å². The number of hydrogen-bond acceptors (Lipinski definition) is 2. The Kier molecular flexibility index (Phi) is 4.85. The maximum atomic E-state index is 12.7. The fourth-order valence-electron chi connectivity index (χ4n) is 1.00. The van der Waals surface area contributed by atoms with Gasteiger partial charge in [-0.05, 0) is 34.1 Å². The summed E-state index contributed by atoms with van der Waals surface area (Å²) in [7, 11) is 0. The van der Waals surface area contributed by atoms with Crippen LogP contribution in [0.5, 0.6) is 0 Å². The van der Waals surface area contributed by atoms with Crippen molar-refractivity contribution in [2.75, 3.05) is 13.2 Å². The van der Waals surface area contributed by atoms with Gasteiger partial charge in [0.1, 0.15) is 6.61 Å². The molecule has 3 nitrogen and oxygen atoms in total. The first-order chi connectivity index (χ1) is 7.85. The Balaban J connectivity index is 2.68. The van der Waals surface area contributed by atoms with Gasteiger partial charge >= 0.3 is 0 Å².